The summed E-state index contributed by atoms with van der Waals surface area (Å²) in [6.07, 6.45) is 2.74. The SMILES string of the molecule is O=C(Nc1ccnc(NCCNc2ccc([N+](=O)[O-])cn2)n1)c1ccccc1. The third-order valence-corrected chi connectivity index (χ3v) is 3.61. The summed E-state index contributed by atoms with van der Waals surface area (Å²) in [5, 5.41) is 19.4. The van der Waals surface area contributed by atoms with Crippen molar-refractivity contribution in [2.45, 2.75) is 0 Å². The van der Waals surface area contributed by atoms with E-state index >= 15 is 0 Å². The molecule has 3 rings (SSSR count). The van der Waals surface area contributed by atoms with Gasteiger partial charge in [-0.1, -0.05) is 18.2 Å². The predicted octanol–water partition coefficient (Wildman–Crippen LogP) is 2.56. The highest BCUT2D eigenvalue weighted by Crippen LogP contribution is 2.11. The molecule has 0 unspecified atom stereocenters. The van der Waals surface area contributed by atoms with Crippen molar-refractivity contribution in [1.82, 2.24) is 15.0 Å². The van der Waals surface area contributed by atoms with Gasteiger partial charge in [0, 0.05) is 30.9 Å². The van der Waals surface area contributed by atoms with Crippen LogP contribution < -0.4 is 16.0 Å². The number of nitrogens with zero attached hydrogens (tertiary/aromatic N) is 4. The fourth-order valence-corrected chi connectivity index (χ4v) is 2.26. The highest BCUT2D eigenvalue weighted by atomic mass is 16.6. The average Bonchev–Trinajstić information content (AvgIpc) is 2.72. The van der Waals surface area contributed by atoms with Crippen molar-refractivity contribution in [2.24, 2.45) is 0 Å². The van der Waals surface area contributed by atoms with Crippen LogP contribution in [-0.4, -0.2) is 38.9 Å². The normalized spacial score (nSPS) is 10.1. The van der Waals surface area contributed by atoms with E-state index in [4.69, 9.17) is 0 Å². The highest BCUT2D eigenvalue weighted by molar-refractivity contribution is 6.03. The van der Waals surface area contributed by atoms with Gasteiger partial charge < -0.3 is 16.0 Å². The van der Waals surface area contributed by atoms with Crippen molar-refractivity contribution in [3.8, 4) is 0 Å². The second kappa shape index (κ2) is 9.03. The predicted molar refractivity (Wildman–Crippen MR) is 104 cm³/mol. The van der Waals surface area contributed by atoms with Gasteiger partial charge in [0.1, 0.15) is 17.8 Å². The van der Waals surface area contributed by atoms with Crippen LogP contribution in [0, 0.1) is 10.1 Å². The van der Waals surface area contributed by atoms with Gasteiger partial charge in [0.2, 0.25) is 5.95 Å². The minimum Gasteiger partial charge on any atom is -0.368 e. The Bertz CT molecular complexity index is 949. The van der Waals surface area contributed by atoms with Gasteiger partial charge >= 0.3 is 0 Å². The molecule has 0 radical (unpaired) electrons. The quantitative estimate of drug-likeness (QED) is 0.309. The zero-order chi connectivity index (χ0) is 19.8. The second-order valence-corrected chi connectivity index (χ2v) is 5.60. The lowest BCUT2D eigenvalue weighted by molar-refractivity contribution is -0.385. The van der Waals surface area contributed by atoms with Gasteiger partial charge in [0.05, 0.1) is 4.92 Å². The van der Waals surface area contributed by atoms with Crippen LogP contribution in [0.25, 0.3) is 0 Å². The van der Waals surface area contributed by atoms with E-state index in [1.54, 1.807) is 36.5 Å². The molecule has 0 saturated heterocycles. The van der Waals surface area contributed by atoms with E-state index in [1.807, 2.05) is 6.07 Å². The van der Waals surface area contributed by atoms with Gasteiger partial charge in [-0.2, -0.15) is 4.98 Å². The summed E-state index contributed by atoms with van der Waals surface area (Å²) in [5.41, 5.74) is 0.474. The minimum absolute atomic E-state index is 0.0635. The van der Waals surface area contributed by atoms with E-state index in [1.165, 1.54) is 18.3 Å². The van der Waals surface area contributed by atoms with Crippen molar-refractivity contribution in [3.63, 3.8) is 0 Å². The molecule has 0 atom stereocenters. The summed E-state index contributed by atoms with van der Waals surface area (Å²) in [5.74, 6) is 1.02. The first-order valence-electron chi connectivity index (χ1n) is 8.39. The number of nitrogens with one attached hydrogen (secondary N) is 3. The number of hydrogen-bond donors (Lipinski definition) is 3. The van der Waals surface area contributed by atoms with Gasteiger partial charge in [-0.05, 0) is 24.3 Å². The molecular formula is C18H17N7O3. The highest BCUT2D eigenvalue weighted by Gasteiger charge is 2.07. The third-order valence-electron chi connectivity index (χ3n) is 3.61. The third kappa shape index (κ3) is 5.21. The number of amides is 1. The summed E-state index contributed by atoms with van der Waals surface area (Å²) in [4.78, 5) is 34.6. The molecule has 3 N–H and O–H groups in total. The van der Waals surface area contributed by atoms with E-state index in [2.05, 4.69) is 30.9 Å². The first-order chi connectivity index (χ1) is 13.6. The molecule has 0 aliphatic heterocycles. The molecule has 0 bridgehead atoms. The van der Waals surface area contributed by atoms with E-state index in [0.29, 0.717) is 36.2 Å². The Morgan fingerprint density at radius 2 is 1.75 bits per heavy atom. The molecule has 28 heavy (non-hydrogen) atoms. The Kier molecular flexibility index (Phi) is 6.03. The Labute approximate surface area is 160 Å². The summed E-state index contributed by atoms with van der Waals surface area (Å²) in [6.45, 7) is 0.976. The van der Waals surface area contributed by atoms with Crippen molar-refractivity contribution >= 4 is 29.2 Å². The van der Waals surface area contributed by atoms with Crippen molar-refractivity contribution in [2.75, 3.05) is 29.0 Å². The standard InChI is InChI=1S/C18H17N7O3/c26-17(13-4-2-1-3-5-13)23-16-8-9-20-18(24-16)21-11-10-19-15-7-6-14(12-22-15)25(27)28/h1-9,12H,10-11H2,(H,19,22)(H2,20,21,23,24,26). The number of nitro groups is 1. The molecule has 0 spiro atoms. The average molecular weight is 379 g/mol. The van der Waals surface area contributed by atoms with E-state index < -0.39 is 4.92 Å². The minimum atomic E-state index is -0.501. The van der Waals surface area contributed by atoms with Gasteiger partial charge in [0.15, 0.2) is 0 Å². The van der Waals surface area contributed by atoms with E-state index in [0.717, 1.165) is 0 Å². The molecule has 2 heterocycles. The van der Waals surface area contributed by atoms with Crippen LogP contribution in [0.5, 0.6) is 0 Å². The van der Waals surface area contributed by atoms with Gasteiger partial charge in [-0.3, -0.25) is 14.9 Å². The van der Waals surface area contributed by atoms with E-state index in [9.17, 15) is 14.9 Å². The number of carbonyl (C=O) groups is 1. The van der Waals surface area contributed by atoms with Crippen LogP contribution in [0.4, 0.5) is 23.3 Å². The van der Waals surface area contributed by atoms with Gasteiger partial charge in [-0.15, -0.1) is 0 Å². The zero-order valence-corrected chi connectivity index (χ0v) is 14.7. The molecule has 1 aromatic carbocycles. The molecule has 0 saturated carbocycles. The largest absolute Gasteiger partial charge is 0.368 e. The Balaban J connectivity index is 1.48. The molecule has 0 fully saturated rings. The molecule has 1 amide bonds. The van der Waals surface area contributed by atoms with Crippen LogP contribution in [-0.2, 0) is 0 Å². The smallest absolute Gasteiger partial charge is 0.287 e. The Morgan fingerprint density at radius 3 is 2.46 bits per heavy atom. The van der Waals surface area contributed by atoms with Crippen LogP contribution in [0.2, 0.25) is 0 Å². The fourth-order valence-electron chi connectivity index (χ4n) is 2.26. The number of rotatable bonds is 8. The molecule has 142 valence electrons. The van der Waals surface area contributed by atoms with Crippen LogP contribution in [0.3, 0.4) is 0 Å². The number of carbonyl (C=O) groups excluding carboxylic acids is 1. The molecular weight excluding hydrogens is 362 g/mol. The van der Waals surface area contributed by atoms with Gasteiger partial charge in [0.25, 0.3) is 11.6 Å². The molecule has 10 nitrogen and oxygen atoms in total. The first-order valence-corrected chi connectivity index (χ1v) is 8.39. The Hall–Kier alpha value is -4.08. The number of hydrogen-bond acceptors (Lipinski definition) is 8. The number of anilines is 3. The summed E-state index contributed by atoms with van der Waals surface area (Å²) in [7, 11) is 0. The van der Waals surface area contributed by atoms with Crippen molar-refractivity contribution < 1.29 is 9.72 Å². The summed E-state index contributed by atoms with van der Waals surface area (Å²) in [6, 6.07) is 13.4. The number of benzene rings is 1. The van der Waals surface area contributed by atoms with Crippen molar-refractivity contribution in [3.05, 3.63) is 76.6 Å². The monoisotopic (exact) mass is 379 g/mol. The lowest BCUT2D eigenvalue weighted by atomic mass is 10.2. The topological polar surface area (TPSA) is 135 Å². The second-order valence-electron chi connectivity index (χ2n) is 5.60. The first kappa shape index (κ1) is 18.7. The molecule has 0 aliphatic carbocycles. The zero-order valence-electron chi connectivity index (χ0n) is 14.7. The Morgan fingerprint density at radius 1 is 0.964 bits per heavy atom. The lowest BCUT2D eigenvalue weighted by Gasteiger charge is -2.09. The van der Waals surface area contributed by atoms with Crippen LogP contribution in [0.1, 0.15) is 10.4 Å². The summed E-state index contributed by atoms with van der Waals surface area (Å²) >= 11 is 0. The van der Waals surface area contributed by atoms with Gasteiger partial charge in [-0.25, -0.2) is 9.97 Å². The maximum absolute atomic E-state index is 12.2. The maximum Gasteiger partial charge on any atom is 0.287 e. The molecule has 3 aromatic rings. The molecule has 2 aromatic heterocycles. The summed E-state index contributed by atoms with van der Waals surface area (Å²) < 4.78 is 0. The lowest BCUT2D eigenvalue weighted by Crippen LogP contribution is -2.17. The number of pyridine rings is 1. The van der Waals surface area contributed by atoms with Crippen LogP contribution in [0.15, 0.2) is 60.9 Å². The molecule has 0 aliphatic rings. The molecule has 10 heteroatoms. The maximum atomic E-state index is 12.2. The van der Waals surface area contributed by atoms with Crippen molar-refractivity contribution in [1.29, 1.82) is 0 Å². The van der Waals surface area contributed by atoms with E-state index in [-0.39, 0.29) is 11.6 Å². The number of aromatic nitrogens is 3. The fraction of sp³-hybridized carbons (Fsp3) is 0.111. The van der Waals surface area contributed by atoms with Crippen LogP contribution >= 0.6 is 0 Å².